The Morgan fingerprint density at radius 2 is 1.72 bits per heavy atom. The Morgan fingerprint density at radius 3 is 2.47 bits per heavy atom. The maximum Gasteiger partial charge on any atom is 0.254 e. The highest BCUT2D eigenvalue weighted by Crippen LogP contribution is 2.19. The minimum atomic E-state index is -1.11. The average Bonchev–Trinajstić information content (AvgIpc) is 2.87. The second-order valence-corrected chi connectivity index (χ2v) is 8.98. The average molecular weight is 490 g/mol. The molecule has 0 fully saturated rings. The van der Waals surface area contributed by atoms with Crippen molar-refractivity contribution in [2.24, 2.45) is 5.73 Å². The van der Waals surface area contributed by atoms with E-state index in [-0.39, 0.29) is 25.4 Å². The molecule has 2 atom stereocenters. The lowest BCUT2D eigenvalue weighted by Gasteiger charge is -2.28. The lowest BCUT2D eigenvalue weighted by molar-refractivity contribution is 0.0554. The maximum absolute atomic E-state index is 13.6. The third-order valence-corrected chi connectivity index (χ3v) is 6.21. The van der Waals surface area contributed by atoms with Crippen LogP contribution in [0.2, 0.25) is 0 Å². The summed E-state index contributed by atoms with van der Waals surface area (Å²) in [5.41, 5.74) is 9.87. The van der Waals surface area contributed by atoms with Crippen molar-refractivity contribution in [1.82, 2.24) is 9.88 Å². The Kier molecular flexibility index (Phi) is 8.03. The number of rotatable bonds is 9. The molecule has 0 saturated heterocycles. The molecule has 1 aromatic heterocycles. The first-order chi connectivity index (χ1) is 17.3. The highest BCUT2D eigenvalue weighted by atomic mass is 19.1. The fourth-order valence-electron chi connectivity index (χ4n) is 4.28. The summed E-state index contributed by atoms with van der Waals surface area (Å²) in [5, 5.41) is 11.8. The normalized spacial score (nSPS) is 12.9. The van der Waals surface area contributed by atoms with Gasteiger partial charge in [0.25, 0.3) is 5.91 Å². The molecule has 1 amide bonds. The molecule has 4 aromatic rings. The smallest absolute Gasteiger partial charge is 0.254 e. The first-order valence-electron chi connectivity index (χ1n) is 11.9. The van der Waals surface area contributed by atoms with Crippen molar-refractivity contribution in [3.63, 3.8) is 0 Å². The van der Waals surface area contributed by atoms with Gasteiger partial charge < -0.3 is 15.7 Å². The standard InChI is InChI=1S/C29H29F2N3O2/c1-2-19-5-3-6-20(11-19)17-34(29(36)23-8-9-27-22(15-23)7-4-10-33-27)18-28(35)26(32)14-21-12-24(30)16-25(31)13-21/h3-13,15-16,26,28,35H,2,14,17-18,32H2,1H3/t26-,28+/m0/s1. The quantitative estimate of drug-likeness (QED) is 0.359. The summed E-state index contributed by atoms with van der Waals surface area (Å²) in [6.07, 6.45) is 1.50. The van der Waals surface area contributed by atoms with E-state index >= 15 is 0 Å². The highest BCUT2D eigenvalue weighted by Gasteiger charge is 2.24. The van der Waals surface area contributed by atoms with Gasteiger partial charge in [-0.15, -0.1) is 0 Å². The molecule has 0 aliphatic rings. The van der Waals surface area contributed by atoms with Gasteiger partial charge in [0.2, 0.25) is 0 Å². The van der Waals surface area contributed by atoms with Crippen molar-refractivity contribution in [1.29, 1.82) is 0 Å². The molecule has 0 radical (unpaired) electrons. The van der Waals surface area contributed by atoms with Gasteiger partial charge in [0.15, 0.2) is 0 Å². The molecule has 5 nitrogen and oxygen atoms in total. The van der Waals surface area contributed by atoms with Crippen molar-refractivity contribution in [3.05, 3.63) is 113 Å². The van der Waals surface area contributed by atoms with Crippen LogP contribution in [0.4, 0.5) is 8.78 Å². The number of aliphatic hydroxyl groups is 1. The van der Waals surface area contributed by atoms with Gasteiger partial charge in [-0.3, -0.25) is 9.78 Å². The van der Waals surface area contributed by atoms with Crippen LogP contribution in [0.5, 0.6) is 0 Å². The summed E-state index contributed by atoms with van der Waals surface area (Å²) in [6.45, 7) is 2.29. The Hall–Kier alpha value is -3.68. The van der Waals surface area contributed by atoms with E-state index in [1.807, 2.05) is 36.4 Å². The molecule has 7 heteroatoms. The highest BCUT2D eigenvalue weighted by molar-refractivity contribution is 5.98. The molecule has 186 valence electrons. The van der Waals surface area contributed by atoms with Gasteiger partial charge in [0, 0.05) is 42.3 Å². The minimum absolute atomic E-state index is 0.0424. The molecule has 0 unspecified atom stereocenters. The molecular formula is C29H29F2N3O2. The molecular weight excluding hydrogens is 460 g/mol. The molecule has 0 saturated carbocycles. The topological polar surface area (TPSA) is 79.5 Å². The predicted molar refractivity (Wildman–Crippen MR) is 136 cm³/mol. The van der Waals surface area contributed by atoms with Crippen molar-refractivity contribution in [2.45, 2.75) is 38.5 Å². The Bertz CT molecular complexity index is 1340. The van der Waals surface area contributed by atoms with Gasteiger partial charge in [-0.1, -0.05) is 37.3 Å². The summed E-state index contributed by atoms with van der Waals surface area (Å²) < 4.78 is 27.2. The summed E-state index contributed by atoms with van der Waals surface area (Å²) in [4.78, 5) is 19.5. The maximum atomic E-state index is 13.6. The molecule has 0 spiro atoms. The van der Waals surface area contributed by atoms with Gasteiger partial charge in [-0.25, -0.2) is 8.78 Å². The molecule has 0 aliphatic heterocycles. The SMILES string of the molecule is CCc1cccc(CN(C[C@@H](O)[C@@H](N)Cc2cc(F)cc(F)c2)C(=O)c2ccc3ncccc3c2)c1. The summed E-state index contributed by atoms with van der Waals surface area (Å²) >= 11 is 0. The number of hydrogen-bond donors (Lipinski definition) is 2. The van der Waals surface area contributed by atoms with Crippen LogP contribution in [0, 0.1) is 11.6 Å². The van der Waals surface area contributed by atoms with Crippen LogP contribution in [0.25, 0.3) is 10.9 Å². The van der Waals surface area contributed by atoms with Crippen molar-refractivity contribution >= 4 is 16.8 Å². The van der Waals surface area contributed by atoms with E-state index in [2.05, 4.69) is 11.9 Å². The van der Waals surface area contributed by atoms with Crippen LogP contribution in [0.15, 0.2) is 79.0 Å². The number of nitrogens with two attached hydrogens (primary N) is 1. The van der Waals surface area contributed by atoms with Crippen LogP contribution >= 0.6 is 0 Å². The first kappa shape index (κ1) is 25.4. The Morgan fingerprint density at radius 1 is 0.972 bits per heavy atom. The molecule has 4 rings (SSSR count). The van der Waals surface area contributed by atoms with E-state index in [4.69, 9.17) is 5.73 Å². The monoisotopic (exact) mass is 489 g/mol. The number of carbonyl (C=O) groups excluding carboxylic acids is 1. The number of carbonyl (C=O) groups is 1. The third kappa shape index (κ3) is 6.30. The molecule has 0 bridgehead atoms. The number of pyridine rings is 1. The molecule has 36 heavy (non-hydrogen) atoms. The molecule has 3 aromatic carbocycles. The molecule has 0 aliphatic carbocycles. The van der Waals surface area contributed by atoms with E-state index in [0.29, 0.717) is 11.1 Å². The van der Waals surface area contributed by atoms with E-state index in [0.717, 1.165) is 34.5 Å². The van der Waals surface area contributed by atoms with E-state index in [1.165, 1.54) is 12.1 Å². The second-order valence-electron chi connectivity index (χ2n) is 8.98. The van der Waals surface area contributed by atoms with Crippen LogP contribution in [-0.2, 0) is 19.4 Å². The number of benzene rings is 3. The van der Waals surface area contributed by atoms with Crippen molar-refractivity contribution in [2.75, 3.05) is 6.54 Å². The Balaban J connectivity index is 1.58. The zero-order valence-electron chi connectivity index (χ0n) is 20.1. The van der Waals surface area contributed by atoms with Crippen LogP contribution in [-0.4, -0.2) is 39.6 Å². The van der Waals surface area contributed by atoms with Crippen LogP contribution in [0.1, 0.15) is 34.0 Å². The largest absolute Gasteiger partial charge is 0.390 e. The zero-order chi connectivity index (χ0) is 25.7. The van der Waals surface area contributed by atoms with E-state index in [1.54, 1.807) is 29.3 Å². The predicted octanol–water partition coefficient (Wildman–Crippen LogP) is 4.65. The Labute approximate surface area is 209 Å². The lowest BCUT2D eigenvalue weighted by Crippen LogP contribution is -2.46. The molecule has 3 N–H and O–H groups in total. The van der Waals surface area contributed by atoms with Crippen LogP contribution in [0.3, 0.4) is 0 Å². The summed E-state index contributed by atoms with van der Waals surface area (Å²) in [6, 6.07) is 19.3. The number of aliphatic hydroxyl groups excluding tert-OH is 1. The van der Waals surface area contributed by atoms with Gasteiger partial charge >= 0.3 is 0 Å². The zero-order valence-corrected chi connectivity index (χ0v) is 20.1. The third-order valence-electron chi connectivity index (χ3n) is 6.21. The number of fused-ring (bicyclic) bond motifs is 1. The van der Waals surface area contributed by atoms with Crippen molar-refractivity contribution in [3.8, 4) is 0 Å². The minimum Gasteiger partial charge on any atom is -0.390 e. The summed E-state index contributed by atoms with van der Waals surface area (Å²) in [7, 11) is 0. The van der Waals surface area contributed by atoms with Gasteiger partial charge in [0.1, 0.15) is 11.6 Å². The van der Waals surface area contributed by atoms with Gasteiger partial charge in [0.05, 0.1) is 11.6 Å². The number of amides is 1. The van der Waals surface area contributed by atoms with E-state index in [9.17, 15) is 18.7 Å². The lowest BCUT2D eigenvalue weighted by atomic mass is 10.0. The number of aromatic nitrogens is 1. The fraction of sp³-hybridized carbons (Fsp3) is 0.241. The van der Waals surface area contributed by atoms with Crippen molar-refractivity contribution < 1.29 is 18.7 Å². The number of halogens is 2. The number of hydrogen-bond acceptors (Lipinski definition) is 4. The van der Waals surface area contributed by atoms with Gasteiger partial charge in [-0.05, 0) is 65.9 Å². The van der Waals surface area contributed by atoms with Gasteiger partial charge in [-0.2, -0.15) is 0 Å². The number of nitrogens with zero attached hydrogens (tertiary/aromatic N) is 2. The number of aryl methyl sites for hydroxylation is 1. The van der Waals surface area contributed by atoms with E-state index < -0.39 is 23.8 Å². The first-order valence-corrected chi connectivity index (χ1v) is 11.9. The van der Waals surface area contributed by atoms with Crippen LogP contribution < -0.4 is 5.73 Å². The molecule has 1 heterocycles. The summed E-state index contributed by atoms with van der Waals surface area (Å²) in [5.74, 6) is -1.67. The fourth-order valence-corrected chi connectivity index (χ4v) is 4.28. The second kappa shape index (κ2) is 11.4.